The van der Waals surface area contributed by atoms with Crippen LogP contribution in [0.5, 0.6) is 11.6 Å². The van der Waals surface area contributed by atoms with E-state index in [1.807, 2.05) is 12.1 Å². The molecule has 4 aromatic rings. The van der Waals surface area contributed by atoms with Crippen molar-refractivity contribution in [1.82, 2.24) is 9.99 Å². The summed E-state index contributed by atoms with van der Waals surface area (Å²) >= 11 is 5.85. The highest BCUT2D eigenvalue weighted by molar-refractivity contribution is 6.30. The van der Waals surface area contributed by atoms with Gasteiger partial charge >= 0.3 is 0 Å². The highest BCUT2D eigenvalue weighted by Crippen LogP contribution is 2.24. The first kappa shape index (κ1) is 22.1. The van der Waals surface area contributed by atoms with Gasteiger partial charge in [0.25, 0.3) is 11.5 Å². The fourth-order valence-electron chi connectivity index (χ4n) is 3.42. The molecular formula is C25H20ClN3O4. The van der Waals surface area contributed by atoms with Gasteiger partial charge in [0.05, 0.1) is 25.4 Å². The second kappa shape index (κ2) is 9.58. The number of hydrazone groups is 1. The topological polar surface area (TPSA) is 92.9 Å². The molecule has 0 fully saturated rings. The van der Waals surface area contributed by atoms with Crippen LogP contribution in [0.4, 0.5) is 0 Å². The van der Waals surface area contributed by atoms with Gasteiger partial charge in [0.2, 0.25) is 5.88 Å². The summed E-state index contributed by atoms with van der Waals surface area (Å²) in [5.41, 5.74) is 3.61. The van der Waals surface area contributed by atoms with Crippen molar-refractivity contribution in [3.8, 4) is 11.6 Å². The maximum Gasteiger partial charge on any atom is 0.271 e. The Hall–Kier alpha value is -4.10. The van der Waals surface area contributed by atoms with Crippen molar-refractivity contribution >= 4 is 34.5 Å². The van der Waals surface area contributed by atoms with E-state index in [2.05, 4.69) is 10.5 Å². The molecule has 0 saturated heterocycles. The third-order valence-electron chi connectivity index (χ3n) is 5.16. The molecule has 4 rings (SSSR count). The molecule has 0 spiro atoms. The first-order valence-electron chi connectivity index (χ1n) is 10.0. The normalized spacial score (nSPS) is 11.1. The Morgan fingerprint density at radius 2 is 1.73 bits per heavy atom. The zero-order chi connectivity index (χ0) is 23.4. The molecule has 7 nitrogen and oxygen atoms in total. The molecule has 0 aliphatic heterocycles. The fourth-order valence-corrected chi connectivity index (χ4v) is 3.55. The Kier molecular flexibility index (Phi) is 6.42. The minimum atomic E-state index is -0.432. The summed E-state index contributed by atoms with van der Waals surface area (Å²) in [5.74, 6) is 0.00959. The number of benzene rings is 3. The number of carbonyl (C=O) groups is 1. The number of nitrogens with one attached hydrogen (secondary N) is 1. The number of methoxy groups -OCH3 is 1. The van der Waals surface area contributed by atoms with Crippen LogP contribution in [0.1, 0.15) is 21.5 Å². The van der Waals surface area contributed by atoms with Crippen molar-refractivity contribution in [2.75, 3.05) is 7.11 Å². The molecule has 0 atom stereocenters. The average Bonchev–Trinajstić information content (AvgIpc) is 2.84. The molecule has 166 valence electrons. The summed E-state index contributed by atoms with van der Waals surface area (Å²) in [6, 6.07) is 20.5. The van der Waals surface area contributed by atoms with Crippen LogP contribution in [-0.4, -0.2) is 28.9 Å². The number of aromatic nitrogens is 1. The largest absolute Gasteiger partial charge is 0.497 e. The molecule has 1 amide bonds. The van der Waals surface area contributed by atoms with Crippen molar-refractivity contribution in [2.24, 2.45) is 5.10 Å². The van der Waals surface area contributed by atoms with Gasteiger partial charge < -0.3 is 9.84 Å². The number of halogens is 1. The van der Waals surface area contributed by atoms with E-state index in [1.165, 1.54) is 10.8 Å². The number of hydrogen-bond donors (Lipinski definition) is 2. The summed E-state index contributed by atoms with van der Waals surface area (Å²) in [4.78, 5) is 25.4. The maximum absolute atomic E-state index is 13.1. The molecule has 0 saturated carbocycles. The van der Waals surface area contributed by atoms with Crippen LogP contribution >= 0.6 is 11.6 Å². The Bertz CT molecular complexity index is 1390. The number of aromatic hydroxyl groups is 1. The molecule has 0 aliphatic rings. The Morgan fingerprint density at radius 3 is 2.39 bits per heavy atom. The molecule has 3 aromatic carbocycles. The molecule has 0 unspecified atom stereocenters. The number of nitrogens with zero attached hydrogens (tertiary/aromatic N) is 2. The summed E-state index contributed by atoms with van der Waals surface area (Å²) in [7, 11) is 1.58. The third kappa shape index (κ3) is 4.73. The Morgan fingerprint density at radius 1 is 1.06 bits per heavy atom. The van der Waals surface area contributed by atoms with Gasteiger partial charge in [-0.25, -0.2) is 5.43 Å². The third-order valence-corrected chi connectivity index (χ3v) is 5.41. The van der Waals surface area contributed by atoms with Crippen LogP contribution in [0.3, 0.4) is 0 Å². The lowest BCUT2D eigenvalue weighted by Crippen LogP contribution is -2.23. The molecule has 0 radical (unpaired) electrons. The number of ether oxygens (including phenoxy) is 1. The number of carbonyl (C=O) groups excluding carboxylic acids is 1. The molecule has 1 heterocycles. The minimum Gasteiger partial charge on any atom is -0.497 e. The average molecular weight is 462 g/mol. The monoisotopic (exact) mass is 461 g/mol. The number of fused-ring (bicyclic) bond motifs is 1. The fraction of sp³-hybridized carbons (Fsp3) is 0.0800. The molecule has 0 aliphatic carbocycles. The van der Waals surface area contributed by atoms with Crippen molar-refractivity contribution < 1.29 is 14.6 Å². The first-order valence-corrected chi connectivity index (χ1v) is 10.4. The lowest BCUT2D eigenvalue weighted by Gasteiger charge is -2.14. The number of amides is 1. The second-order valence-corrected chi connectivity index (χ2v) is 7.66. The molecule has 2 N–H and O–H groups in total. The number of hydrogen-bond acceptors (Lipinski definition) is 5. The standard InChI is InChI=1S/C25H20ClN3O4/c1-33-19-12-6-16(7-13-19)15-29-24(31)21-5-3-2-4-20(21)22(25(29)32)14-27-28-23(30)17-8-10-18(26)11-9-17/h2-14,32H,15H2,1H3,(H,28,30). The van der Waals surface area contributed by atoms with Gasteiger partial charge in [0.15, 0.2) is 0 Å². The van der Waals surface area contributed by atoms with Crippen LogP contribution < -0.4 is 15.7 Å². The summed E-state index contributed by atoms with van der Waals surface area (Å²) in [6.45, 7) is 0.150. The summed E-state index contributed by atoms with van der Waals surface area (Å²) in [6.07, 6.45) is 1.33. The number of pyridine rings is 1. The van der Waals surface area contributed by atoms with Crippen LogP contribution in [0.15, 0.2) is 82.7 Å². The summed E-state index contributed by atoms with van der Waals surface area (Å²) < 4.78 is 6.44. The predicted octanol–water partition coefficient (Wildman–Crippen LogP) is 4.18. The van der Waals surface area contributed by atoms with Gasteiger partial charge in [0.1, 0.15) is 5.75 Å². The lowest BCUT2D eigenvalue weighted by molar-refractivity contribution is 0.0955. The van der Waals surface area contributed by atoms with E-state index in [0.717, 1.165) is 5.56 Å². The van der Waals surface area contributed by atoms with E-state index in [9.17, 15) is 14.7 Å². The smallest absolute Gasteiger partial charge is 0.271 e. The minimum absolute atomic E-state index is 0.150. The van der Waals surface area contributed by atoms with Gasteiger partial charge in [-0.15, -0.1) is 0 Å². The van der Waals surface area contributed by atoms with Gasteiger partial charge in [-0.05, 0) is 48.0 Å². The zero-order valence-corrected chi connectivity index (χ0v) is 18.4. The van der Waals surface area contributed by atoms with Crippen molar-refractivity contribution in [1.29, 1.82) is 0 Å². The highest BCUT2D eigenvalue weighted by Gasteiger charge is 2.15. The van der Waals surface area contributed by atoms with Gasteiger partial charge in [-0.2, -0.15) is 5.10 Å². The molecule has 8 heteroatoms. The van der Waals surface area contributed by atoms with E-state index in [4.69, 9.17) is 16.3 Å². The quantitative estimate of drug-likeness (QED) is 0.333. The summed E-state index contributed by atoms with van der Waals surface area (Å²) in [5, 5.41) is 16.4. The van der Waals surface area contributed by atoms with Crippen molar-refractivity contribution in [3.63, 3.8) is 0 Å². The lowest BCUT2D eigenvalue weighted by atomic mass is 10.1. The van der Waals surface area contributed by atoms with Crippen LogP contribution in [0.2, 0.25) is 5.02 Å². The van der Waals surface area contributed by atoms with Crippen LogP contribution in [-0.2, 0) is 6.54 Å². The van der Waals surface area contributed by atoms with Gasteiger partial charge in [-0.1, -0.05) is 41.9 Å². The van der Waals surface area contributed by atoms with E-state index in [1.54, 1.807) is 67.8 Å². The van der Waals surface area contributed by atoms with Crippen LogP contribution in [0.25, 0.3) is 10.8 Å². The second-order valence-electron chi connectivity index (χ2n) is 7.23. The van der Waals surface area contributed by atoms with Gasteiger partial charge in [-0.3, -0.25) is 14.2 Å². The molecular weight excluding hydrogens is 442 g/mol. The zero-order valence-electron chi connectivity index (χ0n) is 17.7. The van der Waals surface area contributed by atoms with Gasteiger partial charge in [0, 0.05) is 21.4 Å². The highest BCUT2D eigenvalue weighted by atomic mass is 35.5. The molecule has 1 aromatic heterocycles. The SMILES string of the molecule is COc1ccc(Cn2c(O)c(C=NNC(=O)c3ccc(Cl)cc3)c3ccccc3c2=O)cc1. The van der Waals surface area contributed by atoms with E-state index in [-0.39, 0.29) is 18.0 Å². The van der Waals surface area contributed by atoms with E-state index in [0.29, 0.717) is 32.7 Å². The number of rotatable bonds is 6. The van der Waals surface area contributed by atoms with Crippen molar-refractivity contribution in [2.45, 2.75) is 6.54 Å². The Balaban J connectivity index is 1.69. The maximum atomic E-state index is 13.1. The molecule has 33 heavy (non-hydrogen) atoms. The first-order chi connectivity index (χ1) is 16.0. The van der Waals surface area contributed by atoms with Crippen molar-refractivity contribution in [3.05, 3.63) is 105 Å². The van der Waals surface area contributed by atoms with E-state index < -0.39 is 5.91 Å². The van der Waals surface area contributed by atoms with E-state index >= 15 is 0 Å². The predicted molar refractivity (Wildman–Crippen MR) is 128 cm³/mol. The Labute approximate surface area is 194 Å². The molecule has 0 bridgehead atoms. The van der Waals surface area contributed by atoms with Crippen LogP contribution in [0, 0.1) is 0 Å².